The van der Waals surface area contributed by atoms with Crippen LogP contribution in [0.4, 0.5) is 0 Å². The number of benzene rings is 1. The maximum Gasteiger partial charge on any atom is 0.270 e. The molecule has 116 valence electrons. The van der Waals surface area contributed by atoms with E-state index in [4.69, 9.17) is 4.74 Å². The van der Waals surface area contributed by atoms with Crippen LogP contribution in [0.25, 0.3) is 0 Å². The molecule has 0 saturated heterocycles. The minimum absolute atomic E-state index is 0.278. The van der Waals surface area contributed by atoms with Crippen LogP contribution in [0.1, 0.15) is 16.3 Å². The summed E-state index contributed by atoms with van der Waals surface area (Å²) in [4.78, 5) is 16.2. The molecule has 1 amide bonds. The highest BCUT2D eigenvalue weighted by Crippen LogP contribution is 2.20. The lowest BCUT2D eigenvalue weighted by Crippen LogP contribution is -2.25. The molecule has 2 aromatic heterocycles. The molecule has 7 heteroatoms. The normalized spacial score (nSPS) is 10.3. The van der Waals surface area contributed by atoms with Gasteiger partial charge in [0.15, 0.2) is 5.82 Å². The highest BCUT2D eigenvalue weighted by molar-refractivity contribution is 5.92. The van der Waals surface area contributed by atoms with Gasteiger partial charge >= 0.3 is 0 Å². The Hall–Kier alpha value is -3.22. The molecule has 0 bridgehead atoms. The van der Waals surface area contributed by atoms with Gasteiger partial charge in [-0.3, -0.25) is 9.78 Å². The maximum absolute atomic E-state index is 12.2. The number of nitrogens with one attached hydrogen (secondary N) is 1. The maximum atomic E-state index is 12.2. The second-order valence-electron chi connectivity index (χ2n) is 4.83. The van der Waals surface area contributed by atoms with Crippen molar-refractivity contribution in [3.8, 4) is 11.5 Å². The van der Waals surface area contributed by atoms with Crippen molar-refractivity contribution in [1.82, 2.24) is 25.1 Å². The summed E-state index contributed by atoms with van der Waals surface area (Å²) in [6, 6.07) is 12.6. The molecule has 3 rings (SSSR count). The summed E-state index contributed by atoms with van der Waals surface area (Å²) in [5.41, 5.74) is 0.278. The van der Waals surface area contributed by atoms with Gasteiger partial charge in [-0.15, -0.1) is 10.2 Å². The minimum Gasteiger partial charge on any atom is -0.457 e. The summed E-state index contributed by atoms with van der Waals surface area (Å²) in [5.74, 6) is 1.61. The Bertz CT molecular complexity index is 801. The summed E-state index contributed by atoms with van der Waals surface area (Å²) >= 11 is 0. The van der Waals surface area contributed by atoms with Crippen LogP contribution >= 0.6 is 0 Å². The zero-order valence-electron chi connectivity index (χ0n) is 12.5. The van der Waals surface area contributed by atoms with E-state index in [1.54, 1.807) is 23.0 Å². The highest BCUT2D eigenvalue weighted by Gasteiger charge is 2.10. The first-order chi connectivity index (χ1) is 11.2. The Morgan fingerprint density at radius 2 is 2.04 bits per heavy atom. The molecule has 1 N–H and O–H groups in total. The Morgan fingerprint density at radius 1 is 1.22 bits per heavy atom. The molecule has 0 fully saturated rings. The first-order valence-corrected chi connectivity index (χ1v) is 7.02. The van der Waals surface area contributed by atoms with Gasteiger partial charge in [0.1, 0.15) is 23.5 Å². The van der Waals surface area contributed by atoms with Gasteiger partial charge < -0.3 is 14.6 Å². The number of amides is 1. The molecule has 2 heterocycles. The second kappa shape index (κ2) is 6.69. The van der Waals surface area contributed by atoms with Crippen molar-refractivity contribution in [2.45, 2.75) is 6.54 Å². The molecule has 1 aromatic carbocycles. The summed E-state index contributed by atoms with van der Waals surface area (Å²) in [6.45, 7) is 0.279. The van der Waals surface area contributed by atoms with E-state index in [0.29, 0.717) is 17.3 Å². The molecular formula is C16H15N5O2. The van der Waals surface area contributed by atoms with Gasteiger partial charge in [0, 0.05) is 19.3 Å². The lowest BCUT2D eigenvalue weighted by Gasteiger charge is -2.07. The van der Waals surface area contributed by atoms with Crippen LogP contribution in [0, 0.1) is 0 Å². The molecule has 7 nitrogen and oxygen atoms in total. The molecule has 0 aliphatic carbocycles. The van der Waals surface area contributed by atoms with Gasteiger partial charge in [0.25, 0.3) is 5.91 Å². The third-order valence-corrected chi connectivity index (χ3v) is 3.16. The molecule has 0 radical (unpaired) electrons. The average molecular weight is 309 g/mol. The third-order valence-electron chi connectivity index (χ3n) is 3.16. The number of nitrogens with zero attached hydrogens (tertiary/aromatic N) is 4. The number of carbonyl (C=O) groups is 1. The predicted molar refractivity (Wildman–Crippen MR) is 82.9 cm³/mol. The van der Waals surface area contributed by atoms with E-state index >= 15 is 0 Å². The fourth-order valence-electron chi connectivity index (χ4n) is 1.94. The van der Waals surface area contributed by atoms with Crippen molar-refractivity contribution in [3.05, 3.63) is 66.5 Å². The van der Waals surface area contributed by atoms with E-state index in [9.17, 15) is 4.79 Å². The van der Waals surface area contributed by atoms with Crippen molar-refractivity contribution in [2.24, 2.45) is 7.05 Å². The lowest BCUT2D eigenvalue weighted by atomic mass is 10.3. The smallest absolute Gasteiger partial charge is 0.270 e. The van der Waals surface area contributed by atoms with Crippen LogP contribution < -0.4 is 10.1 Å². The molecule has 0 atom stereocenters. The number of hydrogen-bond donors (Lipinski definition) is 1. The number of rotatable bonds is 5. The number of pyridine rings is 1. The summed E-state index contributed by atoms with van der Waals surface area (Å²) < 4.78 is 7.43. The summed E-state index contributed by atoms with van der Waals surface area (Å²) in [7, 11) is 1.81. The Labute approximate surface area is 133 Å². The number of aryl methyl sites for hydroxylation is 1. The van der Waals surface area contributed by atoms with Crippen molar-refractivity contribution < 1.29 is 9.53 Å². The fraction of sp³-hybridized carbons (Fsp3) is 0.125. The van der Waals surface area contributed by atoms with Crippen LogP contribution in [0.5, 0.6) is 11.5 Å². The largest absolute Gasteiger partial charge is 0.457 e. The van der Waals surface area contributed by atoms with Crippen molar-refractivity contribution in [3.63, 3.8) is 0 Å². The molecule has 0 aliphatic rings. The lowest BCUT2D eigenvalue weighted by molar-refractivity contribution is 0.0944. The standard InChI is InChI=1S/C16H15N5O2/c1-21-11-19-20-15(21)10-18-16(22)14-9-13(7-8-17-14)23-12-5-3-2-4-6-12/h2-9,11H,10H2,1H3,(H,18,22). The highest BCUT2D eigenvalue weighted by atomic mass is 16.5. The van der Waals surface area contributed by atoms with Crippen molar-refractivity contribution in [1.29, 1.82) is 0 Å². The quantitative estimate of drug-likeness (QED) is 0.779. The van der Waals surface area contributed by atoms with E-state index < -0.39 is 0 Å². The first kappa shape index (κ1) is 14.7. The zero-order chi connectivity index (χ0) is 16.1. The van der Waals surface area contributed by atoms with Crippen LogP contribution in [0.3, 0.4) is 0 Å². The zero-order valence-corrected chi connectivity index (χ0v) is 12.5. The molecule has 23 heavy (non-hydrogen) atoms. The van der Waals surface area contributed by atoms with Crippen LogP contribution in [-0.4, -0.2) is 25.7 Å². The topological polar surface area (TPSA) is 81.9 Å². The molecule has 0 unspecified atom stereocenters. The van der Waals surface area contributed by atoms with Gasteiger partial charge in [0.2, 0.25) is 0 Å². The Kier molecular flexibility index (Phi) is 4.28. The van der Waals surface area contributed by atoms with Crippen LogP contribution in [0.2, 0.25) is 0 Å². The molecule has 3 aromatic rings. The van der Waals surface area contributed by atoms with E-state index in [-0.39, 0.29) is 18.1 Å². The van der Waals surface area contributed by atoms with Crippen LogP contribution in [-0.2, 0) is 13.6 Å². The third kappa shape index (κ3) is 3.70. The first-order valence-electron chi connectivity index (χ1n) is 7.02. The molecular weight excluding hydrogens is 294 g/mol. The number of carbonyl (C=O) groups excluding carboxylic acids is 1. The van der Waals surface area contributed by atoms with Crippen LogP contribution in [0.15, 0.2) is 55.0 Å². The summed E-state index contributed by atoms with van der Waals surface area (Å²) in [5, 5.41) is 10.4. The summed E-state index contributed by atoms with van der Waals surface area (Å²) in [6.07, 6.45) is 3.11. The molecule has 0 aliphatic heterocycles. The SMILES string of the molecule is Cn1cnnc1CNC(=O)c1cc(Oc2ccccc2)ccn1. The molecule has 0 saturated carbocycles. The van der Waals surface area contributed by atoms with E-state index in [1.165, 1.54) is 6.20 Å². The fourth-order valence-corrected chi connectivity index (χ4v) is 1.94. The average Bonchev–Trinajstić information content (AvgIpc) is 2.99. The van der Waals surface area contributed by atoms with Gasteiger partial charge in [0.05, 0.1) is 6.54 Å². The van der Waals surface area contributed by atoms with E-state index in [1.807, 2.05) is 37.4 Å². The Balaban J connectivity index is 1.67. The number of hydrogen-bond acceptors (Lipinski definition) is 5. The number of ether oxygens (including phenoxy) is 1. The Morgan fingerprint density at radius 3 is 2.78 bits per heavy atom. The van der Waals surface area contributed by atoms with Gasteiger partial charge in [-0.05, 0) is 18.2 Å². The van der Waals surface area contributed by atoms with Gasteiger partial charge in [-0.2, -0.15) is 0 Å². The minimum atomic E-state index is -0.300. The van der Waals surface area contributed by atoms with E-state index in [0.717, 1.165) is 0 Å². The predicted octanol–water partition coefficient (Wildman–Crippen LogP) is 1.93. The molecule has 0 spiro atoms. The second-order valence-corrected chi connectivity index (χ2v) is 4.83. The number of aromatic nitrogens is 4. The monoisotopic (exact) mass is 309 g/mol. The van der Waals surface area contributed by atoms with Crippen molar-refractivity contribution in [2.75, 3.05) is 0 Å². The number of para-hydroxylation sites is 1. The van der Waals surface area contributed by atoms with Crippen molar-refractivity contribution >= 4 is 5.91 Å². The van der Waals surface area contributed by atoms with Gasteiger partial charge in [-0.1, -0.05) is 18.2 Å². The van der Waals surface area contributed by atoms with E-state index in [2.05, 4.69) is 20.5 Å². The van der Waals surface area contributed by atoms with Gasteiger partial charge in [-0.25, -0.2) is 0 Å².